The predicted octanol–water partition coefficient (Wildman–Crippen LogP) is 3.80. The van der Waals surface area contributed by atoms with E-state index in [4.69, 9.17) is 4.42 Å². The van der Waals surface area contributed by atoms with Gasteiger partial charge in [-0.1, -0.05) is 30.7 Å². The fraction of sp³-hybridized carbons (Fsp3) is 0.375. The van der Waals surface area contributed by atoms with Crippen LogP contribution >= 0.6 is 0 Å². The van der Waals surface area contributed by atoms with Crippen LogP contribution in [-0.4, -0.2) is 5.11 Å². The van der Waals surface area contributed by atoms with Gasteiger partial charge in [-0.3, -0.25) is 0 Å². The molecule has 0 spiro atoms. The molecule has 0 bridgehead atoms. The molecule has 1 aliphatic rings. The molecule has 1 aromatic heterocycles. The Labute approximate surface area is 107 Å². The lowest BCUT2D eigenvalue weighted by atomic mass is 9.79. The molecule has 0 aliphatic heterocycles. The maximum absolute atomic E-state index is 10.6. The minimum absolute atomic E-state index is 0.734. The second kappa shape index (κ2) is 4.29. The molecule has 0 saturated heterocycles. The summed E-state index contributed by atoms with van der Waals surface area (Å²) in [5.74, 6) is 0.734. The van der Waals surface area contributed by atoms with Crippen LogP contribution in [0, 0.1) is 0 Å². The van der Waals surface area contributed by atoms with Crippen LogP contribution in [0.5, 0.6) is 0 Å². The first kappa shape index (κ1) is 11.5. The normalized spacial score (nSPS) is 19.2. The van der Waals surface area contributed by atoms with Gasteiger partial charge in [0.15, 0.2) is 0 Å². The van der Waals surface area contributed by atoms with E-state index in [1.807, 2.05) is 12.1 Å². The number of rotatable bonds is 3. The van der Waals surface area contributed by atoms with E-state index < -0.39 is 5.60 Å². The average Bonchev–Trinajstić information content (AvgIpc) is 2.81. The van der Waals surface area contributed by atoms with Gasteiger partial charge in [-0.2, -0.15) is 0 Å². The second-order valence-corrected chi connectivity index (χ2v) is 5.33. The highest BCUT2D eigenvalue weighted by molar-refractivity contribution is 5.36. The van der Waals surface area contributed by atoms with Gasteiger partial charge in [0, 0.05) is 5.56 Å². The predicted molar refractivity (Wildman–Crippen MR) is 70.4 cm³/mol. The number of furan rings is 1. The fourth-order valence-electron chi connectivity index (χ4n) is 2.53. The Balaban J connectivity index is 1.87. The van der Waals surface area contributed by atoms with E-state index in [9.17, 15) is 5.11 Å². The van der Waals surface area contributed by atoms with E-state index in [1.54, 1.807) is 25.5 Å². The van der Waals surface area contributed by atoms with Gasteiger partial charge in [-0.05, 0) is 42.9 Å². The highest BCUT2D eigenvalue weighted by Gasteiger charge is 2.27. The summed E-state index contributed by atoms with van der Waals surface area (Å²) in [5, 5.41) is 10.6. The zero-order valence-corrected chi connectivity index (χ0v) is 10.6. The van der Waals surface area contributed by atoms with Gasteiger partial charge in [0.1, 0.15) is 5.60 Å². The second-order valence-electron chi connectivity index (χ2n) is 5.33. The largest absolute Gasteiger partial charge is 0.472 e. The summed E-state index contributed by atoms with van der Waals surface area (Å²) in [6.07, 6.45) is 7.14. The summed E-state index contributed by atoms with van der Waals surface area (Å²) >= 11 is 0. The lowest BCUT2D eigenvalue weighted by molar-refractivity contribution is 0.101. The molecule has 94 valence electrons. The quantitative estimate of drug-likeness (QED) is 0.888. The van der Waals surface area contributed by atoms with Crippen LogP contribution in [-0.2, 0) is 5.60 Å². The number of benzene rings is 1. The monoisotopic (exact) mass is 242 g/mol. The van der Waals surface area contributed by atoms with E-state index in [0.29, 0.717) is 0 Å². The molecule has 1 fully saturated rings. The Hall–Kier alpha value is -1.54. The molecule has 1 aromatic carbocycles. The molecule has 1 atom stereocenters. The van der Waals surface area contributed by atoms with Crippen LogP contribution < -0.4 is 0 Å². The third-order valence-electron chi connectivity index (χ3n) is 4.13. The summed E-state index contributed by atoms with van der Waals surface area (Å²) in [6.45, 7) is 1.80. The van der Waals surface area contributed by atoms with Crippen LogP contribution in [0.2, 0.25) is 0 Å². The molecule has 2 heteroatoms. The highest BCUT2D eigenvalue weighted by Crippen LogP contribution is 2.37. The van der Waals surface area contributed by atoms with Crippen molar-refractivity contribution >= 4 is 0 Å². The summed E-state index contributed by atoms with van der Waals surface area (Å²) in [4.78, 5) is 0. The van der Waals surface area contributed by atoms with Crippen LogP contribution in [0.3, 0.4) is 0 Å². The van der Waals surface area contributed by atoms with Crippen molar-refractivity contribution in [3.8, 4) is 0 Å². The summed E-state index contributed by atoms with van der Waals surface area (Å²) in [6, 6.07) is 10.2. The highest BCUT2D eigenvalue weighted by atomic mass is 16.3. The Kier molecular flexibility index (Phi) is 2.75. The first-order valence-corrected chi connectivity index (χ1v) is 6.53. The van der Waals surface area contributed by atoms with Gasteiger partial charge in [0.25, 0.3) is 0 Å². The summed E-state index contributed by atoms with van der Waals surface area (Å²) in [7, 11) is 0. The lowest BCUT2D eigenvalue weighted by Crippen LogP contribution is -2.22. The van der Waals surface area contributed by atoms with Crippen molar-refractivity contribution in [2.24, 2.45) is 0 Å². The maximum atomic E-state index is 10.6. The summed E-state index contributed by atoms with van der Waals surface area (Å²) < 4.78 is 5.05. The number of aliphatic hydroxyl groups is 1. The molecule has 1 unspecified atom stereocenters. The Morgan fingerprint density at radius 2 is 1.83 bits per heavy atom. The van der Waals surface area contributed by atoms with Gasteiger partial charge in [-0.25, -0.2) is 0 Å². The molecule has 3 rings (SSSR count). The third kappa shape index (κ3) is 1.87. The maximum Gasteiger partial charge on any atom is 0.115 e. The first-order valence-electron chi connectivity index (χ1n) is 6.53. The van der Waals surface area contributed by atoms with Gasteiger partial charge in [-0.15, -0.1) is 0 Å². The Morgan fingerprint density at radius 1 is 1.11 bits per heavy atom. The Bertz CT molecular complexity index is 505. The van der Waals surface area contributed by atoms with E-state index in [0.717, 1.165) is 17.0 Å². The Morgan fingerprint density at radius 3 is 2.33 bits per heavy atom. The van der Waals surface area contributed by atoms with Crippen molar-refractivity contribution in [1.29, 1.82) is 0 Å². The van der Waals surface area contributed by atoms with Crippen molar-refractivity contribution in [1.82, 2.24) is 0 Å². The van der Waals surface area contributed by atoms with E-state index in [1.165, 1.54) is 24.8 Å². The first-order chi connectivity index (χ1) is 8.68. The standard InChI is InChI=1S/C16H18O2/c1-16(17,15-9-10-18-11-15)14-7-5-13(6-8-14)12-3-2-4-12/h5-12,17H,2-4H2,1H3. The molecule has 2 aromatic rings. The zero-order chi connectivity index (χ0) is 12.6. The molecule has 1 N–H and O–H groups in total. The van der Waals surface area contributed by atoms with E-state index >= 15 is 0 Å². The molecular formula is C16H18O2. The van der Waals surface area contributed by atoms with Crippen LogP contribution in [0.25, 0.3) is 0 Å². The van der Waals surface area contributed by atoms with E-state index in [-0.39, 0.29) is 0 Å². The molecule has 1 saturated carbocycles. The number of hydrogen-bond acceptors (Lipinski definition) is 2. The molecule has 0 radical (unpaired) electrons. The van der Waals surface area contributed by atoms with E-state index in [2.05, 4.69) is 12.1 Å². The molecule has 18 heavy (non-hydrogen) atoms. The molecular weight excluding hydrogens is 224 g/mol. The zero-order valence-electron chi connectivity index (χ0n) is 10.6. The van der Waals surface area contributed by atoms with Crippen molar-refractivity contribution in [2.45, 2.75) is 37.7 Å². The molecule has 1 aliphatic carbocycles. The van der Waals surface area contributed by atoms with Crippen molar-refractivity contribution in [3.63, 3.8) is 0 Å². The van der Waals surface area contributed by atoms with Gasteiger partial charge >= 0.3 is 0 Å². The van der Waals surface area contributed by atoms with Crippen molar-refractivity contribution in [2.75, 3.05) is 0 Å². The summed E-state index contributed by atoms with van der Waals surface area (Å²) in [5.41, 5.74) is 2.12. The average molecular weight is 242 g/mol. The minimum atomic E-state index is -0.981. The molecule has 2 nitrogen and oxygen atoms in total. The third-order valence-corrected chi connectivity index (χ3v) is 4.13. The number of hydrogen-bond donors (Lipinski definition) is 1. The topological polar surface area (TPSA) is 33.4 Å². The smallest absolute Gasteiger partial charge is 0.115 e. The fourth-order valence-corrected chi connectivity index (χ4v) is 2.53. The minimum Gasteiger partial charge on any atom is -0.472 e. The van der Waals surface area contributed by atoms with Gasteiger partial charge in [0.05, 0.1) is 12.5 Å². The SMILES string of the molecule is CC(O)(c1ccc(C2CCC2)cc1)c1ccoc1. The van der Waals surface area contributed by atoms with Gasteiger partial charge in [0.2, 0.25) is 0 Å². The molecule has 0 amide bonds. The van der Waals surface area contributed by atoms with Crippen LogP contribution in [0.1, 0.15) is 48.8 Å². The van der Waals surface area contributed by atoms with Crippen LogP contribution in [0.15, 0.2) is 47.3 Å². The van der Waals surface area contributed by atoms with Crippen LogP contribution in [0.4, 0.5) is 0 Å². The van der Waals surface area contributed by atoms with Gasteiger partial charge < -0.3 is 9.52 Å². The lowest BCUT2D eigenvalue weighted by Gasteiger charge is -2.27. The molecule has 1 heterocycles. The van der Waals surface area contributed by atoms with Crippen molar-refractivity contribution in [3.05, 3.63) is 59.5 Å². The van der Waals surface area contributed by atoms with Crippen molar-refractivity contribution < 1.29 is 9.52 Å².